The summed E-state index contributed by atoms with van der Waals surface area (Å²) < 4.78 is 0. The lowest BCUT2D eigenvalue weighted by molar-refractivity contribution is -0.144. The Balaban J connectivity index is 2.80. The van der Waals surface area contributed by atoms with Crippen LogP contribution in [0.15, 0.2) is 0 Å². The van der Waals surface area contributed by atoms with Crippen LogP contribution >= 0.6 is 0 Å². The molecule has 0 bridgehead atoms. The second-order valence-electron chi connectivity index (χ2n) is 3.69. The highest BCUT2D eigenvalue weighted by atomic mass is 16.3. The summed E-state index contributed by atoms with van der Waals surface area (Å²) in [6.45, 7) is 4.99. The third-order valence-corrected chi connectivity index (χ3v) is 2.51. The molecule has 0 aromatic rings. The van der Waals surface area contributed by atoms with E-state index in [9.17, 15) is 14.7 Å². The number of aliphatic hydroxyl groups is 1. The molecule has 1 saturated heterocycles. The highest BCUT2D eigenvalue weighted by Crippen LogP contribution is 2.22. The number of hydrogen-bond donors (Lipinski definition) is 1. The van der Waals surface area contributed by atoms with Crippen LogP contribution in [0.1, 0.15) is 27.2 Å². The van der Waals surface area contributed by atoms with Crippen LogP contribution in [0.4, 0.5) is 0 Å². The Kier molecular flexibility index (Phi) is 2.71. The van der Waals surface area contributed by atoms with E-state index in [-0.39, 0.29) is 24.2 Å². The van der Waals surface area contributed by atoms with Crippen LogP contribution in [-0.4, -0.2) is 34.0 Å². The number of rotatable bonds is 2. The lowest BCUT2D eigenvalue weighted by atomic mass is 10.1. The molecule has 0 spiro atoms. The van der Waals surface area contributed by atoms with Gasteiger partial charge in [0.1, 0.15) is 0 Å². The third-order valence-electron chi connectivity index (χ3n) is 2.51. The highest BCUT2D eigenvalue weighted by Gasteiger charge is 2.39. The predicted molar refractivity (Wildman–Crippen MR) is 46.8 cm³/mol. The molecule has 4 heteroatoms. The normalized spacial score (nSPS) is 28.0. The third kappa shape index (κ3) is 1.72. The molecular weight excluding hydrogens is 170 g/mol. The number of carbonyl (C=O) groups excluding carboxylic acids is 2. The van der Waals surface area contributed by atoms with Gasteiger partial charge in [0.05, 0.1) is 12.1 Å². The van der Waals surface area contributed by atoms with Crippen LogP contribution in [0, 0.1) is 5.92 Å². The second kappa shape index (κ2) is 3.46. The van der Waals surface area contributed by atoms with Gasteiger partial charge >= 0.3 is 0 Å². The zero-order valence-electron chi connectivity index (χ0n) is 8.15. The lowest BCUT2D eigenvalue weighted by Gasteiger charge is -2.24. The number of carbonyl (C=O) groups is 2. The van der Waals surface area contributed by atoms with Crippen molar-refractivity contribution < 1.29 is 14.7 Å². The molecule has 3 atom stereocenters. The Bertz CT molecular complexity index is 237. The summed E-state index contributed by atoms with van der Waals surface area (Å²) in [5.74, 6) is -0.571. The molecule has 1 fully saturated rings. The summed E-state index contributed by atoms with van der Waals surface area (Å²) in [4.78, 5) is 24.0. The van der Waals surface area contributed by atoms with Crippen molar-refractivity contribution in [3.05, 3.63) is 0 Å². The largest absolute Gasteiger partial charge is 0.391 e. The van der Waals surface area contributed by atoms with E-state index in [4.69, 9.17) is 0 Å². The van der Waals surface area contributed by atoms with Crippen molar-refractivity contribution in [3.8, 4) is 0 Å². The topological polar surface area (TPSA) is 57.6 Å². The Morgan fingerprint density at radius 2 is 2.00 bits per heavy atom. The summed E-state index contributed by atoms with van der Waals surface area (Å²) in [6.07, 6.45) is -0.395. The van der Waals surface area contributed by atoms with Crippen LogP contribution in [0.5, 0.6) is 0 Å². The lowest BCUT2D eigenvalue weighted by Crippen LogP contribution is -2.44. The molecule has 1 aliphatic heterocycles. The van der Waals surface area contributed by atoms with Gasteiger partial charge in [0.2, 0.25) is 11.8 Å². The molecule has 0 aromatic carbocycles. The first kappa shape index (κ1) is 10.2. The fourth-order valence-corrected chi connectivity index (χ4v) is 1.45. The minimum Gasteiger partial charge on any atom is -0.391 e. The Labute approximate surface area is 77.5 Å². The maximum Gasteiger partial charge on any atom is 0.232 e. The van der Waals surface area contributed by atoms with Gasteiger partial charge in [-0.25, -0.2) is 0 Å². The standard InChI is InChI=1S/C9H15NO3/c1-5-4-8(12)10(9(5)13)6(2)7(3)11/h5-7,11H,4H2,1-3H3. The van der Waals surface area contributed by atoms with Crippen molar-refractivity contribution in [2.75, 3.05) is 0 Å². The number of amides is 2. The molecule has 4 nitrogen and oxygen atoms in total. The van der Waals surface area contributed by atoms with Crippen LogP contribution in [0.3, 0.4) is 0 Å². The second-order valence-corrected chi connectivity index (χ2v) is 3.69. The van der Waals surface area contributed by atoms with Crippen molar-refractivity contribution in [1.29, 1.82) is 0 Å². The average Bonchev–Trinajstić information content (AvgIpc) is 2.26. The zero-order chi connectivity index (χ0) is 10.2. The molecule has 1 rings (SSSR count). The molecule has 0 saturated carbocycles. The van der Waals surface area contributed by atoms with Crippen LogP contribution in [0.25, 0.3) is 0 Å². The van der Waals surface area contributed by atoms with Gasteiger partial charge in [-0.2, -0.15) is 0 Å². The summed E-state index contributed by atoms with van der Waals surface area (Å²) >= 11 is 0. The summed E-state index contributed by atoms with van der Waals surface area (Å²) in [6, 6.07) is -0.412. The summed E-state index contributed by atoms with van der Waals surface area (Å²) in [7, 11) is 0. The average molecular weight is 185 g/mol. The maximum atomic E-state index is 11.5. The van der Waals surface area contributed by atoms with Gasteiger partial charge in [0, 0.05) is 12.3 Å². The van der Waals surface area contributed by atoms with Gasteiger partial charge in [0.25, 0.3) is 0 Å². The fourth-order valence-electron chi connectivity index (χ4n) is 1.45. The molecule has 0 aromatic heterocycles. The van der Waals surface area contributed by atoms with E-state index in [1.807, 2.05) is 0 Å². The Morgan fingerprint density at radius 3 is 2.31 bits per heavy atom. The number of nitrogens with zero attached hydrogens (tertiary/aromatic N) is 1. The SMILES string of the molecule is CC1CC(=O)N(C(C)C(C)O)C1=O. The molecule has 0 aliphatic carbocycles. The predicted octanol–water partition coefficient (Wildman–Crippen LogP) is 0.151. The quantitative estimate of drug-likeness (QED) is 0.623. The Hall–Kier alpha value is -0.900. The molecule has 1 aliphatic rings. The molecule has 2 amide bonds. The van der Waals surface area contributed by atoms with Crippen molar-refractivity contribution in [1.82, 2.24) is 4.90 Å². The van der Waals surface area contributed by atoms with Gasteiger partial charge < -0.3 is 5.11 Å². The number of likely N-dealkylation sites (tertiary alicyclic amines) is 1. The minimum atomic E-state index is -0.668. The van der Waals surface area contributed by atoms with Crippen LogP contribution in [-0.2, 0) is 9.59 Å². The van der Waals surface area contributed by atoms with E-state index in [0.717, 1.165) is 0 Å². The number of imide groups is 1. The van der Waals surface area contributed by atoms with Gasteiger partial charge in [0.15, 0.2) is 0 Å². The van der Waals surface area contributed by atoms with E-state index in [1.165, 1.54) is 4.90 Å². The molecule has 13 heavy (non-hydrogen) atoms. The van der Waals surface area contributed by atoms with E-state index >= 15 is 0 Å². The molecular formula is C9H15NO3. The molecule has 1 heterocycles. The van der Waals surface area contributed by atoms with Gasteiger partial charge in [-0.05, 0) is 13.8 Å². The van der Waals surface area contributed by atoms with Crippen LogP contribution < -0.4 is 0 Å². The van der Waals surface area contributed by atoms with Crippen molar-refractivity contribution in [2.24, 2.45) is 5.92 Å². The van der Waals surface area contributed by atoms with E-state index in [1.54, 1.807) is 20.8 Å². The number of hydrogen-bond acceptors (Lipinski definition) is 3. The van der Waals surface area contributed by atoms with Crippen molar-refractivity contribution >= 4 is 11.8 Å². The molecule has 0 radical (unpaired) electrons. The summed E-state index contributed by atoms with van der Waals surface area (Å²) in [5.41, 5.74) is 0. The Morgan fingerprint density at radius 1 is 1.46 bits per heavy atom. The van der Waals surface area contributed by atoms with Gasteiger partial charge in [-0.1, -0.05) is 6.92 Å². The van der Waals surface area contributed by atoms with Crippen molar-refractivity contribution in [2.45, 2.75) is 39.3 Å². The fraction of sp³-hybridized carbons (Fsp3) is 0.778. The first-order valence-electron chi connectivity index (χ1n) is 4.49. The van der Waals surface area contributed by atoms with E-state index in [0.29, 0.717) is 0 Å². The van der Waals surface area contributed by atoms with Gasteiger partial charge in [-0.3, -0.25) is 14.5 Å². The monoisotopic (exact) mass is 185 g/mol. The minimum absolute atomic E-state index is 0.168. The van der Waals surface area contributed by atoms with Crippen LogP contribution in [0.2, 0.25) is 0 Å². The smallest absolute Gasteiger partial charge is 0.232 e. The zero-order valence-corrected chi connectivity index (χ0v) is 8.15. The summed E-state index contributed by atoms with van der Waals surface area (Å²) in [5, 5.41) is 9.26. The molecule has 3 unspecified atom stereocenters. The first-order valence-corrected chi connectivity index (χ1v) is 4.49. The van der Waals surface area contributed by atoms with Gasteiger partial charge in [-0.15, -0.1) is 0 Å². The highest BCUT2D eigenvalue weighted by molar-refractivity contribution is 6.03. The first-order chi connectivity index (χ1) is 5.95. The van der Waals surface area contributed by atoms with E-state index < -0.39 is 12.1 Å². The van der Waals surface area contributed by atoms with Crippen molar-refractivity contribution in [3.63, 3.8) is 0 Å². The molecule has 74 valence electrons. The number of aliphatic hydroxyl groups excluding tert-OH is 1. The maximum absolute atomic E-state index is 11.5. The van der Waals surface area contributed by atoms with E-state index in [2.05, 4.69) is 0 Å². The molecule has 1 N–H and O–H groups in total.